The standard InChI is InChI=1S/C13H17BrNO3P/c1-3-17-19(16,18-4-2)9-12-7-10-5-6-11(14)8-13(10)15-12/h5-8,15H,3-4,9H2,1-2H3. The number of rotatable bonds is 6. The third kappa shape index (κ3) is 3.69. The zero-order chi connectivity index (χ0) is 13.9. The van der Waals surface area contributed by atoms with Crippen molar-refractivity contribution in [3.63, 3.8) is 0 Å². The molecule has 0 bridgehead atoms. The van der Waals surface area contributed by atoms with Crippen molar-refractivity contribution in [2.75, 3.05) is 13.2 Å². The lowest BCUT2D eigenvalue weighted by molar-refractivity contribution is 0.219. The lowest BCUT2D eigenvalue weighted by Crippen LogP contribution is -1.99. The predicted octanol–water partition coefficient (Wildman–Crippen LogP) is 4.70. The number of benzene rings is 1. The van der Waals surface area contributed by atoms with E-state index in [1.165, 1.54) is 0 Å². The first-order valence-corrected chi connectivity index (χ1v) is 8.73. The molecule has 19 heavy (non-hydrogen) atoms. The third-order valence-electron chi connectivity index (χ3n) is 2.66. The fraction of sp³-hybridized carbons (Fsp3) is 0.385. The summed E-state index contributed by atoms with van der Waals surface area (Å²) in [5.41, 5.74) is 1.86. The van der Waals surface area contributed by atoms with E-state index in [9.17, 15) is 4.57 Å². The van der Waals surface area contributed by atoms with Gasteiger partial charge in [-0.2, -0.15) is 0 Å². The van der Waals surface area contributed by atoms with Gasteiger partial charge in [0.05, 0.1) is 19.4 Å². The Kier molecular flexibility index (Phi) is 4.85. The zero-order valence-corrected chi connectivity index (χ0v) is 13.5. The molecule has 1 heterocycles. The summed E-state index contributed by atoms with van der Waals surface area (Å²) in [6, 6.07) is 7.95. The molecule has 0 aliphatic rings. The maximum atomic E-state index is 12.5. The second-order valence-corrected chi connectivity index (χ2v) is 7.10. The number of hydrogen-bond donors (Lipinski definition) is 1. The Morgan fingerprint density at radius 3 is 2.53 bits per heavy atom. The van der Waals surface area contributed by atoms with Crippen LogP contribution >= 0.6 is 23.5 Å². The van der Waals surface area contributed by atoms with Crippen LogP contribution in [-0.4, -0.2) is 18.2 Å². The van der Waals surface area contributed by atoms with Crippen LogP contribution in [0.5, 0.6) is 0 Å². The van der Waals surface area contributed by atoms with Gasteiger partial charge in [-0.3, -0.25) is 4.57 Å². The summed E-state index contributed by atoms with van der Waals surface area (Å²) in [7, 11) is -3.05. The first-order valence-electron chi connectivity index (χ1n) is 6.21. The minimum Gasteiger partial charge on any atom is -0.358 e. The number of halogens is 1. The van der Waals surface area contributed by atoms with E-state index in [4.69, 9.17) is 9.05 Å². The van der Waals surface area contributed by atoms with Gasteiger partial charge in [-0.1, -0.05) is 22.0 Å². The van der Waals surface area contributed by atoms with Gasteiger partial charge < -0.3 is 14.0 Å². The first-order chi connectivity index (χ1) is 9.06. The second kappa shape index (κ2) is 6.23. The Hall–Kier alpha value is -0.610. The van der Waals surface area contributed by atoms with Crippen molar-refractivity contribution in [2.24, 2.45) is 0 Å². The van der Waals surface area contributed by atoms with E-state index in [1.54, 1.807) is 0 Å². The molecule has 2 rings (SSSR count). The topological polar surface area (TPSA) is 51.3 Å². The summed E-state index contributed by atoms with van der Waals surface area (Å²) in [6.45, 7) is 4.38. The fourth-order valence-electron chi connectivity index (χ4n) is 1.98. The molecule has 104 valence electrons. The largest absolute Gasteiger partial charge is 0.358 e. The molecular weight excluding hydrogens is 329 g/mol. The van der Waals surface area contributed by atoms with Crippen LogP contribution in [0, 0.1) is 0 Å². The van der Waals surface area contributed by atoms with Gasteiger partial charge in [0.1, 0.15) is 0 Å². The molecule has 0 radical (unpaired) electrons. The van der Waals surface area contributed by atoms with Crippen molar-refractivity contribution >= 4 is 34.4 Å². The highest BCUT2D eigenvalue weighted by atomic mass is 79.9. The number of nitrogens with one attached hydrogen (secondary N) is 1. The van der Waals surface area contributed by atoms with Gasteiger partial charge in [-0.25, -0.2) is 0 Å². The van der Waals surface area contributed by atoms with Gasteiger partial charge in [0.15, 0.2) is 0 Å². The molecule has 0 saturated carbocycles. The lowest BCUT2D eigenvalue weighted by atomic mass is 10.2. The smallest absolute Gasteiger partial charge is 0.336 e. The number of aromatic nitrogens is 1. The number of aromatic amines is 1. The van der Waals surface area contributed by atoms with Gasteiger partial charge >= 0.3 is 7.60 Å². The second-order valence-electron chi connectivity index (χ2n) is 4.13. The third-order valence-corrected chi connectivity index (χ3v) is 5.18. The van der Waals surface area contributed by atoms with E-state index in [2.05, 4.69) is 20.9 Å². The molecule has 1 N–H and O–H groups in total. The van der Waals surface area contributed by atoms with E-state index in [1.807, 2.05) is 38.1 Å². The number of hydrogen-bond acceptors (Lipinski definition) is 3. The van der Waals surface area contributed by atoms with E-state index >= 15 is 0 Å². The molecule has 0 atom stereocenters. The Labute approximate surface area is 121 Å². The summed E-state index contributed by atoms with van der Waals surface area (Å²) in [5, 5.41) is 1.08. The van der Waals surface area contributed by atoms with Crippen molar-refractivity contribution in [2.45, 2.75) is 20.0 Å². The summed E-state index contributed by atoms with van der Waals surface area (Å²) in [4.78, 5) is 3.25. The van der Waals surface area contributed by atoms with Crippen LogP contribution in [0.25, 0.3) is 10.9 Å². The molecule has 0 aliphatic heterocycles. The summed E-state index contributed by atoms with van der Waals surface area (Å²) < 4.78 is 24.1. The van der Waals surface area contributed by atoms with Crippen LogP contribution in [0.3, 0.4) is 0 Å². The molecule has 0 fully saturated rings. The highest BCUT2D eigenvalue weighted by Crippen LogP contribution is 2.51. The van der Waals surface area contributed by atoms with E-state index in [-0.39, 0.29) is 6.16 Å². The van der Waals surface area contributed by atoms with Crippen molar-refractivity contribution in [3.8, 4) is 0 Å². The molecule has 0 unspecified atom stereocenters. The SMILES string of the molecule is CCOP(=O)(Cc1cc2ccc(Br)cc2[nH]1)OCC. The Morgan fingerprint density at radius 2 is 1.89 bits per heavy atom. The molecular formula is C13H17BrNO3P. The van der Waals surface area contributed by atoms with Crippen LogP contribution in [0.2, 0.25) is 0 Å². The quantitative estimate of drug-likeness (QED) is 0.772. The maximum absolute atomic E-state index is 12.5. The number of H-pyrrole nitrogens is 1. The van der Waals surface area contributed by atoms with Crippen molar-refractivity contribution < 1.29 is 13.6 Å². The monoisotopic (exact) mass is 345 g/mol. The maximum Gasteiger partial charge on any atom is 0.336 e. The minimum atomic E-state index is -3.05. The van der Waals surface area contributed by atoms with Gasteiger partial charge in [0.25, 0.3) is 0 Å². The molecule has 0 aliphatic carbocycles. The molecule has 1 aromatic heterocycles. The average molecular weight is 346 g/mol. The zero-order valence-electron chi connectivity index (χ0n) is 11.0. The van der Waals surface area contributed by atoms with Crippen LogP contribution in [-0.2, 0) is 19.8 Å². The molecule has 1 aromatic carbocycles. The highest BCUT2D eigenvalue weighted by Gasteiger charge is 2.24. The Morgan fingerprint density at radius 1 is 1.21 bits per heavy atom. The van der Waals surface area contributed by atoms with E-state index in [0.717, 1.165) is 21.1 Å². The highest BCUT2D eigenvalue weighted by molar-refractivity contribution is 9.10. The average Bonchev–Trinajstić information content (AvgIpc) is 2.70. The van der Waals surface area contributed by atoms with Crippen molar-refractivity contribution in [3.05, 3.63) is 34.4 Å². The normalized spacial score (nSPS) is 12.2. The van der Waals surface area contributed by atoms with Gasteiger partial charge in [-0.05, 0) is 37.4 Å². The molecule has 0 spiro atoms. The summed E-state index contributed by atoms with van der Waals surface area (Å²) in [6.07, 6.45) is 0.265. The van der Waals surface area contributed by atoms with Gasteiger partial charge in [0, 0.05) is 15.7 Å². The van der Waals surface area contributed by atoms with Crippen molar-refractivity contribution in [1.29, 1.82) is 0 Å². The Bertz CT molecular complexity index is 601. The van der Waals surface area contributed by atoms with E-state index in [0.29, 0.717) is 13.2 Å². The van der Waals surface area contributed by atoms with Crippen LogP contribution in [0.15, 0.2) is 28.7 Å². The molecule has 6 heteroatoms. The van der Waals surface area contributed by atoms with Gasteiger partial charge in [-0.15, -0.1) is 0 Å². The minimum absolute atomic E-state index is 0.265. The Balaban J connectivity index is 2.26. The fourth-order valence-corrected chi connectivity index (χ4v) is 3.97. The molecule has 0 saturated heterocycles. The van der Waals surface area contributed by atoms with Crippen LogP contribution in [0.1, 0.15) is 19.5 Å². The van der Waals surface area contributed by atoms with E-state index < -0.39 is 7.60 Å². The summed E-state index contributed by atoms with van der Waals surface area (Å²) in [5.74, 6) is 0. The molecule has 2 aromatic rings. The van der Waals surface area contributed by atoms with Crippen LogP contribution in [0.4, 0.5) is 0 Å². The number of fused-ring (bicyclic) bond motifs is 1. The van der Waals surface area contributed by atoms with Crippen LogP contribution < -0.4 is 0 Å². The summed E-state index contributed by atoms with van der Waals surface area (Å²) >= 11 is 3.43. The van der Waals surface area contributed by atoms with Crippen molar-refractivity contribution in [1.82, 2.24) is 4.98 Å². The lowest BCUT2D eigenvalue weighted by Gasteiger charge is -2.15. The molecule has 4 nitrogen and oxygen atoms in total. The predicted molar refractivity (Wildman–Crippen MR) is 80.6 cm³/mol. The van der Waals surface area contributed by atoms with Gasteiger partial charge in [0.2, 0.25) is 0 Å². The first kappa shape index (κ1) is 14.8. The molecule has 0 amide bonds.